The second kappa shape index (κ2) is 6.48. The second-order valence-electron chi connectivity index (χ2n) is 4.23. The fraction of sp³-hybridized carbons (Fsp3) is 1.00. The van der Waals surface area contributed by atoms with Crippen molar-refractivity contribution in [3.8, 4) is 0 Å². The van der Waals surface area contributed by atoms with Crippen molar-refractivity contribution in [2.24, 2.45) is 0 Å². The monoisotopic (exact) mass is 235 g/mol. The molecule has 1 unspecified atom stereocenters. The molecular weight excluding hydrogens is 214 g/mol. The molecule has 4 atom stereocenters. The minimum atomic E-state index is -1.09. The second-order valence-corrected chi connectivity index (χ2v) is 4.23. The highest BCUT2D eigenvalue weighted by atomic mass is 16.7. The Hall–Kier alpha value is -0.240. The number of aliphatic hydroxyl groups excluding tert-OH is 3. The van der Waals surface area contributed by atoms with Gasteiger partial charge in [0, 0.05) is 0 Å². The first kappa shape index (κ1) is 13.8. The van der Waals surface area contributed by atoms with Crippen molar-refractivity contribution < 1.29 is 24.8 Å². The minimum absolute atomic E-state index is 0.324. The molecule has 0 aromatic heterocycles. The van der Waals surface area contributed by atoms with E-state index in [4.69, 9.17) is 14.6 Å². The van der Waals surface area contributed by atoms with Crippen LogP contribution in [-0.2, 0) is 9.47 Å². The molecule has 1 fully saturated rings. The van der Waals surface area contributed by atoms with Crippen molar-refractivity contribution >= 4 is 0 Å². The van der Waals surface area contributed by atoms with E-state index in [1.165, 1.54) is 0 Å². The summed E-state index contributed by atoms with van der Waals surface area (Å²) >= 11 is 0. The maximum atomic E-state index is 9.55. The Bertz CT molecular complexity index is 202. The highest BCUT2D eigenvalue weighted by Gasteiger charge is 2.42. The summed E-state index contributed by atoms with van der Waals surface area (Å²) in [5, 5.41) is 27.9. The van der Waals surface area contributed by atoms with E-state index in [1.54, 1.807) is 0 Å². The van der Waals surface area contributed by atoms with Crippen molar-refractivity contribution in [1.82, 2.24) is 4.90 Å². The fourth-order valence-electron chi connectivity index (χ4n) is 1.58. The summed E-state index contributed by atoms with van der Waals surface area (Å²) in [7, 11) is 3.93. The molecular formula is C10H21NO5. The van der Waals surface area contributed by atoms with Crippen LogP contribution in [0.2, 0.25) is 0 Å². The van der Waals surface area contributed by atoms with Gasteiger partial charge in [0.25, 0.3) is 0 Å². The quantitative estimate of drug-likeness (QED) is 0.481. The van der Waals surface area contributed by atoms with Crippen LogP contribution in [-0.4, -0.2) is 78.7 Å². The van der Waals surface area contributed by atoms with Crippen molar-refractivity contribution in [1.29, 1.82) is 0 Å². The SMILES string of the molecule is CN(C)CCCOC1O[C@H](CO)[C@@H](O)[C@H]1O. The van der Waals surface area contributed by atoms with E-state index in [0.717, 1.165) is 13.0 Å². The van der Waals surface area contributed by atoms with Gasteiger partial charge in [0.15, 0.2) is 6.29 Å². The number of nitrogens with zero attached hydrogens (tertiary/aromatic N) is 1. The average Bonchev–Trinajstić information content (AvgIpc) is 2.51. The van der Waals surface area contributed by atoms with E-state index in [0.29, 0.717) is 6.61 Å². The lowest BCUT2D eigenvalue weighted by Gasteiger charge is -2.16. The predicted molar refractivity (Wildman–Crippen MR) is 56.9 cm³/mol. The summed E-state index contributed by atoms with van der Waals surface area (Å²) in [6, 6.07) is 0. The summed E-state index contributed by atoms with van der Waals surface area (Å²) in [5.41, 5.74) is 0. The Labute approximate surface area is 95.4 Å². The smallest absolute Gasteiger partial charge is 0.186 e. The normalized spacial score (nSPS) is 34.9. The van der Waals surface area contributed by atoms with Crippen LogP contribution in [0.15, 0.2) is 0 Å². The third kappa shape index (κ3) is 3.65. The number of hydrogen-bond acceptors (Lipinski definition) is 6. The van der Waals surface area contributed by atoms with Gasteiger partial charge in [-0.05, 0) is 27.1 Å². The van der Waals surface area contributed by atoms with E-state index >= 15 is 0 Å². The number of hydrogen-bond donors (Lipinski definition) is 3. The van der Waals surface area contributed by atoms with Gasteiger partial charge in [-0.25, -0.2) is 0 Å². The Balaban J connectivity index is 2.22. The van der Waals surface area contributed by atoms with Gasteiger partial charge in [0.2, 0.25) is 0 Å². The summed E-state index contributed by atoms with van der Waals surface area (Å²) in [5.74, 6) is 0. The molecule has 0 aliphatic carbocycles. The Morgan fingerprint density at radius 2 is 1.94 bits per heavy atom. The lowest BCUT2D eigenvalue weighted by molar-refractivity contribution is -0.169. The van der Waals surface area contributed by atoms with E-state index < -0.39 is 24.6 Å². The summed E-state index contributed by atoms with van der Waals surface area (Å²) in [4.78, 5) is 2.03. The standard InChI is InChI=1S/C10H21NO5/c1-11(2)4-3-5-15-10-9(14)8(13)7(6-12)16-10/h7-10,12-14H,3-6H2,1-2H3/t7-,8-,9-,10?/m1/s1. The molecule has 1 rings (SSSR count). The zero-order valence-electron chi connectivity index (χ0n) is 9.74. The molecule has 96 valence electrons. The molecule has 0 aromatic rings. The molecule has 0 amide bonds. The van der Waals surface area contributed by atoms with Gasteiger partial charge >= 0.3 is 0 Å². The van der Waals surface area contributed by atoms with Crippen LogP contribution in [0.4, 0.5) is 0 Å². The number of rotatable bonds is 6. The highest BCUT2D eigenvalue weighted by Crippen LogP contribution is 2.21. The van der Waals surface area contributed by atoms with Crippen LogP contribution in [0.1, 0.15) is 6.42 Å². The van der Waals surface area contributed by atoms with Gasteiger partial charge in [-0.3, -0.25) is 0 Å². The lowest BCUT2D eigenvalue weighted by Crippen LogP contribution is -2.34. The molecule has 0 saturated carbocycles. The van der Waals surface area contributed by atoms with Gasteiger partial charge in [-0.1, -0.05) is 0 Å². The number of ether oxygens (including phenoxy) is 2. The lowest BCUT2D eigenvalue weighted by atomic mass is 10.1. The molecule has 6 nitrogen and oxygen atoms in total. The van der Waals surface area contributed by atoms with E-state index in [1.807, 2.05) is 19.0 Å². The largest absolute Gasteiger partial charge is 0.394 e. The van der Waals surface area contributed by atoms with Crippen LogP contribution in [0.25, 0.3) is 0 Å². The topological polar surface area (TPSA) is 82.4 Å². The molecule has 0 radical (unpaired) electrons. The van der Waals surface area contributed by atoms with E-state index in [9.17, 15) is 10.2 Å². The number of aliphatic hydroxyl groups is 3. The summed E-state index contributed by atoms with van der Waals surface area (Å²) in [6.45, 7) is 1.01. The zero-order valence-corrected chi connectivity index (χ0v) is 9.74. The Morgan fingerprint density at radius 1 is 1.25 bits per heavy atom. The maximum Gasteiger partial charge on any atom is 0.186 e. The molecule has 1 saturated heterocycles. The van der Waals surface area contributed by atoms with Gasteiger partial charge in [0.1, 0.15) is 18.3 Å². The van der Waals surface area contributed by atoms with Gasteiger partial charge in [0.05, 0.1) is 13.2 Å². The van der Waals surface area contributed by atoms with Crippen molar-refractivity contribution in [3.63, 3.8) is 0 Å². The van der Waals surface area contributed by atoms with Gasteiger partial charge in [-0.15, -0.1) is 0 Å². The Morgan fingerprint density at radius 3 is 2.44 bits per heavy atom. The predicted octanol–water partition coefficient (Wildman–Crippen LogP) is -1.61. The minimum Gasteiger partial charge on any atom is -0.394 e. The molecule has 0 aromatic carbocycles. The molecule has 0 spiro atoms. The first-order valence-electron chi connectivity index (χ1n) is 5.45. The molecule has 1 aliphatic heterocycles. The van der Waals surface area contributed by atoms with Crippen molar-refractivity contribution in [2.75, 3.05) is 33.9 Å². The maximum absolute atomic E-state index is 9.55. The molecule has 16 heavy (non-hydrogen) atoms. The Kier molecular flexibility index (Phi) is 5.60. The molecule has 3 N–H and O–H groups in total. The van der Waals surface area contributed by atoms with Crippen molar-refractivity contribution in [3.05, 3.63) is 0 Å². The summed E-state index contributed by atoms with van der Waals surface area (Å²) < 4.78 is 10.5. The fourth-order valence-corrected chi connectivity index (χ4v) is 1.58. The highest BCUT2D eigenvalue weighted by molar-refractivity contribution is 4.86. The first-order chi connectivity index (χ1) is 7.56. The van der Waals surface area contributed by atoms with Crippen LogP contribution in [0.3, 0.4) is 0 Å². The third-order valence-electron chi connectivity index (χ3n) is 2.53. The van der Waals surface area contributed by atoms with Gasteiger partial charge < -0.3 is 29.7 Å². The molecule has 1 aliphatic rings. The zero-order chi connectivity index (χ0) is 12.1. The van der Waals surface area contributed by atoms with Crippen LogP contribution >= 0.6 is 0 Å². The molecule has 6 heteroatoms. The van der Waals surface area contributed by atoms with Crippen LogP contribution < -0.4 is 0 Å². The van der Waals surface area contributed by atoms with E-state index in [2.05, 4.69) is 0 Å². The van der Waals surface area contributed by atoms with Gasteiger partial charge in [-0.2, -0.15) is 0 Å². The first-order valence-corrected chi connectivity index (χ1v) is 5.45. The average molecular weight is 235 g/mol. The van der Waals surface area contributed by atoms with E-state index in [-0.39, 0.29) is 6.61 Å². The van der Waals surface area contributed by atoms with Crippen LogP contribution in [0, 0.1) is 0 Å². The van der Waals surface area contributed by atoms with Crippen LogP contribution in [0.5, 0.6) is 0 Å². The van der Waals surface area contributed by atoms with Crippen molar-refractivity contribution in [2.45, 2.75) is 31.0 Å². The third-order valence-corrected chi connectivity index (χ3v) is 2.53. The summed E-state index contributed by atoms with van der Waals surface area (Å²) in [6.07, 6.45) is -2.94. The molecule has 0 bridgehead atoms. The molecule has 1 heterocycles.